The molecule has 6 nitrogen and oxygen atoms in total. The fourth-order valence-corrected chi connectivity index (χ4v) is 1.73. The number of aliphatic carboxylic acids is 1. The largest absolute Gasteiger partial charge is 0.481 e. The van der Waals surface area contributed by atoms with E-state index in [0.29, 0.717) is 32.1 Å². The maximum Gasteiger partial charge on any atom is 0.303 e. The minimum Gasteiger partial charge on any atom is -0.481 e. The van der Waals surface area contributed by atoms with Gasteiger partial charge >= 0.3 is 5.97 Å². The van der Waals surface area contributed by atoms with Gasteiger partial charge in [-0.05, 0) is 13.3 Å². The van der Waals surface area contributed by atoms with Crippen molar-refractivity contribution < 1.29 is 14.6 Å². The van der Waals surface area contributed by atoms with Gasteiger partial charge in [0.05, 0.1) is 18.9 Å². The van der Waals surface area contributed by atoms with Crippen LogP contribution in [0.5, 0.6) is 0 Å². The highest BCUT2D eigenvalue weighted by Crippen LogP contribution is 2.21. The molecule has 1 aliphatic heterocycles. The molecule has 0 bridgehead atoms. The summed E-state index contributed by atoms with van der Waals surface area (Å²) in [6.07, 6.45) is 0.714. The quantitative estimate of drug-likeness (QED) is 0.746. The third-order valence-corrected chi connectivity index (χ3v) is 2.64. The summed E-state index contributed by atoms with van der Waals surface area (Å²) in [4.78, 5) is 19.0. The number of nitrogens with one attached hydrogen (secondary N) is 1. The zero-order chi connectivity index (χ0) is 12.3. The van der Waals surface area contributed by atoms with Gasteiger partial charge in [-0.1, -0.05) is 0 Å². The summed E-state index contributed by atoms with van der Waals surface area (Å²) < 4.78 is 5.30. The molecule has 0 atom stereocenters. The first-order valence-electron chi connectivity index (χ1n) is 5.56. The molecule has 0 aliphatic carbocycles. The Morgan fingerprint density at radius 2 is 2.29 bits per heavy atom. The molecule has 92 valence electrons. The summed E-state index contributed by atoms with van der Waals surface area (Å²) in [7, 11) is 0. The lowest BCUT2D eigenvalue weighted by Crippen LogP contribution is -2.10. The minimum absolute atomic E-state index is 0.153. The number of nitrogens with zero attached hydrogens (tertiary/aromatic N) is 2. The van der Waals surface area contributed by atoms with Gasteiger partial charge < -0.3 is 15.2 Å². The smallest absolute Gasteiger partial charge is 0.303 e. The predicted molar refractivity (Wildman–Crippen MR) is 60.6 cm³/mol. The van der Waals surface area contributed by atoms with Crippen molar-refractivity contribution in [1.29, 1.82) is 0 Å². The highest BCUT2D eigenvalue weighted by molar-refractivity contribution is 5.66. The van der Waals surface area contributed by atoms with Crippen LogP contribution in [0.1, 0.15) is 29.8 Å². The number of hydrogen-bond acceptors (Lipinski definition) is 5. The van der Waals surface area contributed by atoms with Crippen LogP contribution in [0.3, 0.4) is 0 Å². The molecule has 0 saturated heterocycles. The number of anilines is 1. The average molecular weight is 237 g/mol. The zero-order valence-electron chi connectivity index (χ0n) is 9.69. The summed E-state index contributed by atoms with van der Waals surface area (Å²) in [5.74, 6) is -0.233. The van der Waals surface area contributed by atoms with Gasteiger partial charge in [0.2, 0.25) is 5.95 Å². The van der Waals surface area contributed by atoms with Crippen molar-refractivity contribution in [1.82, 2.24) is 9.97 Å². The lowest BCUT2D eigenvalue weighted by molar-refractivity contribution is -0.137. The second-order valence-corrected chi connectivity index (χ2v) is 3.97. The Hall–Kier alpha value is -1.69. The first-order chi connectivity index (χ1) is 8.16. The van der Waals surface area contributed by atoms with Gasteiger partial charge in [0.25, 0.3) is 0 Å². The predicted octanol–water partition coefficient (Wildman–Crippen LogP) is 1.09. The molecule has 1 aliphatic rings. The van der Waals surface area contributed by atoms with Crippen LogP contribution in [-0.4, -0.2) is 27.6 Å². The molecule has 0 unspecified atom stereocenters. The number of aryl methyl sites for hydroxylation is 1. The Balaban J connectivity index is 1.93. The standard InChI is InChI=1S/C11H15N3O3/c1-7-8-5-17-6-9(8)14-11(13-7)12-4-2-3-10(15)16/h2-6H2,1H3,(H,15,16)(H,12,13,14). The van der Waals surface area contributed by atoms with E-state index in [4.69, 9.17) is 9.84 Å². The Bertz CT molecular complexity index is 434. The fourth-order valence-electron chi connectivity index (χ4n) is 1.73. The molecule has 1 aromatic rings. The van der Waals surface area contributed by atoms with E-state index < -0.39 is 5.97 Å². The van der Waals surface area contributed by atoms with Gasteiger partial charge in [0, 0.05) is 24.2 Å². The van der Waals surface area contributed by atoms with Crippen LogP contribution in [-0.2, 0) is 22.7 Å². The van der Waals surface area contributed by atoms with Crippen molar-refractivity contribution in [3.63, 3.8) is 0 Å². The number of rotatable bonds is 5. The lowest BCUT2D eigenvalue weighted by Gasteiger charge is -2.07. The molecule has 17 heavy (non-hydrogen) atoms. The molecule has 2 N–H and O–H groups in total. The van der Waals surface area contributed by atoms with E-state index in [9.17, 15) is 4.79 Å². The van der Waals surface area contributed by atoms with Crippen LogP contribution in [0.2, 0.25) is 0 Å². The summed E-state index contributed by atoms with van der Waals surface area (Å²) in [5.41, 5.74) is 2.92. The number of carboxylic acid groups (broad SMARTS) is 1. The molecule has 6 heteroatoms. The third-order valence-electron chi connectivity index (χ3n) is 2.64. The normalized spacial score (nSPS) is 13.5. The third kappa shape index (κ3) is 2.91. The highest BCUT2D eigenvalue weighted by Gasteiger charge is 2.17. The number of carbonyl (C=O) groups is 1. The number of hydrogen-bond donors (Lipinski definition) is 2. The SMILES string of the molecule is Cc1nc(NCCCC(=O)O)nc2c1COC2. The molecule has 0 amide bonds. The zero-order valence-corrected chi connectivity index (χ0v) is 9.69. The lowest BCUT2D eigenvalue weighted by atomic mass is 10.2. The van der Waals surface area contributed by atoms with Crippen molar-refractivity contribution in [2.45, 2.75) is 33.0 Å². The van der Waals surface area contributed by atoms with Crippen molar-refractivity contribution >= 4 is 11.9 Å². The molecule has 2 heterocycles. The summed E-state index contributed by atoms with van der Waals surface area (Å²) in [6.45, 7) is 3.60. The van der Waals surface area contributed by atoms with Gasteiger partial charge in [-0.25, -0.2) is 9.97 Å². The van der Waals surface area contributed by atoms with Gasteiger partial charge in [0.15, 0.2) is 0 Å². The van der Waals surface area contributed by atoms with Crippen molar-refractivity contribution in [3.05, 3.63) is 17.0 Å². The van der Waals surface area contributed by atoms with E-state index in [0.717, 1.165) is 17.0 Å². The Labute approximate surface area is 99.0 Å². The average Bonchev–Trinajstić information content (AvgIpc) is 2.72. The van der Waals surface area contributed by atoms with Crippen molar-refractivity contribution in [2.75, 3.05) is 11.9 Å². The maximum atomic E-state index is 10.3. The molecule has 0 radical (unpaired) electrons. The molecule has 0 spiro atoms. The Morgan fingerprint density at radius 3 is 3.06 bits per heavy atom. The summed E-state index contributed by atoms with van der Waals surface area (Å²) in [5, 5.41) is 11.5. The number of carboxylic acids is 1. The first kappa shape index (κ1) is 11.8. The van der Waals surface area contributed by atoms with Crippen molar-refractivity contribution in [2.24, 2.45) is 0 Å². The fraction of sp³-hybridized carbons (Fsp3) is 0.545. The molecular weight excluding hydrogens is 222 g/mol. The number of aromatic nitrogens is 2. The summed E-state index contributed by atoms with van der Waals surface area (Å²) in [6, 6.07) is 0. The van der Waals surface area contributed by atoms with E-state index >= 15 is 0 Å². The molecule has 0 aromatic carbocycles. The molecule has 0 fully saturated rings. The van der Waals surface area contributed by atoms with Crippen LogP contribution in [0.15, 0.2) is 0 Å². The second-order valence-electron chi connectivity index (χ2n) is 3.97. The van der Waals surface area contributed by atoms with Crippen LogP contribution in [0, 0.1) is 6.92 Å². The van der Waals surface area contributed by atoms with E-state index in [1.807, 2.05) is 6.92 Å². The second kappa shape index (κ2) is 5.09. The van der Waals surface area contributed by atoms with E-state index in [1.165, 1.54) is 0 Å². The molecule has 1 aromatic heterocycles. The van der Waals surface area contributed by atoms with E-state index in [1.54, 1.807) is 0 Å². The van der Waals surface area contributed by atoms with Crippen LogP contribution >= 0.6 is 0 Å². The topological polar surface area (TPSA) is 84.3 Å². The first-order valence-corrected chi connectivity index (χ1v) is 5.56. The molecular formula is C11H15N3O3. The Kier molecular flexibility index (Phi) is 3.53. The molecule has 0 saturated carbocycles. The number of fused-ring (bicyclic) bond motifs is 1. The van der Waals surface area contributed by atoms with Gasteiger partial charge in [0.1, 0.15) is 0 Å². The number of ether oxygens (including phenoxy) is 1. The Morgan fingerprint density at radius 1 is 1.47 bits per heavy atom. The van der Waals surface area contributed by atoms with Gasteiger partial charge in [-0.3, -0.25) is 4.79 Å². The van der Waals surface area contributed by atoms with E-state index in [-0.39, 0.29) is 6.42 Å². The van der Waals surface area contributed by atoms with Crippen molar-refractivity contribution in [3.8, 4) is 0 Å². The van der Waals surface area contributed by atoms with E-state index in [2.05, 4.69) is 15.3 Å². The van der Waals surface area contributed by atoms with Crippen LogP contribution < -0.4 is 5.32 Å². The molecule has 2 rings (SSSR count). The monoisotopic (exact) mass is 237 g/mol. The minimum atomic E-state index is -0.786. The van der Waals surface area contributed by atoms with Gasteiger partial charge in [-0.15, -0.1) is 0 Å². The highest BCUT2D eigenvalue weighted by atomic mass is 16.5. The van der Waals surface area contributed by atoms with Crippen LogP contribution in [0.4, 0.5) is 5.95 Å². The maximum absolute atomic E-state index is 10.3. The van der Waals surface area contributed by atoms with Crippen LogP contribution in [0.25, 0.3) is 0 Å². The summed E-state index contributed by atoms with van der Waals surface area (Å²) >= 11 is 0. The van der Waals surface area contributed by atoms with Gasteiger partial charge in [-0.2, -0.15) is 0 Å².